The zero-order valence-electron chi connectivity index (χ0n) is 10.5. The molecule has 0 saturated heterocycles. The number of phenols is 1. The van der Waals surface area contributed by atoms with Crippen LogP contribution >= 0.6 is 34.8 Å². The summed E-state index contributed by atoms with van der Waals surface area (Å²) in [6, 6.07) is 7.37. The van der Waals surface area contributed by atoms with E-state index in [1.54, 1.807) is 12.1 Å². The second-order valence-electron chi connectivity index (χ2n) is 3.99. The van der Waals surface area contributed by atoms with Gasteiger partial charge in [0.1, 0.15) is 5.75 Å². The summed E-state index contributed by atoms with van der Waals surface area (Å²) in [5.74, 6) is 5.36. The number of benzene rings is 2. The van der Waals surface area contributed by atoms with Crippen molar-refractivity contribution in [3.05, 3.63) is 51.0 Å². The van der Waals surface area contributed by atoms with E-state index < -0.39 is 0 Å². The highest BCUT2D eigenvalue weighted by Gasteiger charge is 2.14. The van der Waals surface area contributed by atoms with Gasteiger partial charge in [0.15, 0.2) is 17.3 Å². The van der Waals surface area contributed by atoms with Crippen LogP contribution in [0.25, 0.3) is 0 Å². The van der Waals surface area contributed by atoms with Crippen LogP contribution in [0.2, 0.25) is 15.1 Å². The number of halogens is 3. The molecule has 5 N–H and O–H groups in total. The highest BCUT2D eigenvalue weighted by atomic mass is 35.5. The number of aromatic hydroxyl groups is 1. The highest BCUT2D eigenvalue weighted by Crippen LogP contribution is 2.38. The van der Waals surface area contributed by atoms with E-state index in [1.807, 2.05) is 0 Å². The number of nitrogens with two attached hydrogens (primary N) is 2. The Morgan fingerprint density at radius 3 is 2.38 bits per heavy atom. The summed E-state index contributed by atoms with van der Waals surface area (Å²) in [4.78, 5) is 0. The van der Waals surface area contributed by atoms with Gasteiger partial charge >= 0.3 is 0 Å². The van der Waals surface area contributed by atoms with Gasteiger partial charge in [-0.15, -0.1) is 0 Å². The Labute approximate surface area is 135 Å². The molecule has 0 aliphatic heterocycles. The van der Waals surface area contributed by atoms with Gasteiger partial charge in [-0.25, -0.2) is 0 Å². The average molecular weight is 347 g/mol. The minimum absolute atomic E-state index is 0.00653. The van der Waals surface area contributed by atoms with Crippen molar-refractivity contribution in [3.8, 4) is 17.2 Å². The van der Waals surface area contributed by atoms with Gasteiger partial charge in [0, 0.05) is 16.7 Å². The van der Waals surface area contributed by atoms with Gasteiger partial charge in [0.2, 0.25) is 0 Å². The van der Waals surface area contributed by atoms with Crippen molar-refractivity contribution < 1.29 is 9.84 Å². The van der Waals surface area contributed by atoms with Crippen LogP contribution in [0.15, 0.2) is 35.4 Å². The third kappa shape index (κ3) is 3.44. The fourth-order valence-electron chi connectivity index (χ4n) is 1.57. The van der Waals surface area contributed by atoms with Crippen LogP contribution < -0.4 is 16.3 Å². The summed E-state index contributed by atoms with van der Waals surface area (Å²) < 4.78 is 5.53. The molecular formula is C13H10Cl3N3O2. The zero-order valence-corrected chi connectivity index (χ0v) is 12.7. The Morgan fingerprint density at radius 1 is 1.05 bits per heavy atom. The number of hydrogen-bond donors (Lipinski definition) is 3. The minimum Gasteiger partial charge on any atom is -0.504 e. The van der Waals surface area contributed by atoms with Gasteiger partial charge in [-0.1, -0.05) is 34.8 Å². The summed E-state index contributed by atoms with van der Waals surface area (Å²) in [7, 11) is 0. The first kappa shape index (κ1) is 15.6. The van der Waals surface area contributed by atoms with Crippen LogP contribution in [0.4, 0.5) is 0 Å². The van der Waals surface area contributed by atoms with E-state index in [9.17, 15) is 5.11 Å². The number of phenolic OH excluding ortho intramolecular Hbond substituents is 1. The van der Waals surface area contributed by atoms with Gasteiger partial charge in [-0.3, -0.25) is 0 Å². The van der Waals surface area contributed by atoms with Gasteiger partial charge in [0.05, 0.1) is 10.0 Å². The first-order valence-corrected chi connectivity index (χ1v) is 6.75. The molecule has 0 heterocycles. The van der Waals surface area contributed by atoms with Crippen molar-refractivity contribution >= 4 is 40.6 Å². The maximum Gasteiger partial charge on any atom is 0.169 e. The highest BCUT2D eigenvalue weighted by molar-refractivity contribution is 6.35. The Bertz CT molecular complexity index is 720. The van der Waals surface area contributed by atoms with Crippen LogP contribution in [-0.4, -0.2) is 10.9 Å². The lowest BCUT2D eigenvalue weighted by atomic mass is 10.2. The van der Waals surface area contributed by atoms with Gasteiger partial charge in [-0.2, -0.15) is 5.10 Å². The van der Waals surface area contributed by atoms with E-state index in [4.69, 9.17) is 51.1 Å². The van der Waals surface area contributed by atoms with Crippen molar-refractivity contribution in [1.82, 2.24) is 0 Å². The third-order valence-corrected chi connectivity index (χ3v) is 3.42. The lowest BCUT2D eigenvalue weighted by Crippen LogP contribution is -2.16. The standard InChI is InChI=1S/C13H10Cl3N3O2/c14-6-1-2-11(9(16)3-6)21-12-4-7(13(17)19-18)8(15)5-10(12)20/h1-5,20H,18H2,(H2,17,19). The Morgan fingerprint density at radius 2 is 1.76 bits per heavy atom. The van der Waals surface area contributed by atoms with E-state index in [1.165, 1.54) is 18.2 Å². The van der Waals surface area contributed by atoms with Crippen LogP contribution in [0.3, 0.4) is 0 Å². The van der Waals surface area contributed by atoms with Crippen LogP contribution in [0, 0.1) is 0 Å². The quantitative estimate of drug-likeness (QED) is 0.342. The molecule has 2 aromatic rings. The van der Waals surface area contributed by atoms with Gasteiger partial charge in [-0.05, 0) is 24.3 Å². The summed E-state index contributed by atoms with van der Waals surface area (Å²) in [6.45, 7) is 0. The molecule has 110 valence electrons. The Hall–Kier alpha value is -1.82. The summed E-state index contributed by atoms with van der Waals surface area (Å²) >= 11 is 17.8. The number of amidine groups is 1. The normalized spacial score (nSPS) is 11.5. The molecule has 0 unspecified atom stereocenters. The molecule has 8 heteroatoms. The molecule has 0 radical (unpaired) electrons. The molecule has 0 amide bonds. The molecule has 0 spiro atoms. The summed E-state index contributed by atoms with van der Waals surface area (Å²) in [5, 5.41) is 14.2. The van der Waals surface area contributed by atoms with Gasteiger partial charge < -0.3 is 21.4 Å². The van der Waals surface area contributed by atoms with Crippen molar-refractivity contribution in [1.29, 1.82) is 0 Å². The summed E-state index contributed by atoms with van der Waals surface area (Å²) in [5.41, 5.74) is 5.95. The van der Waals surface area contributed by atoms with E-state index in [0.29, 0.717) is 21.4 Å². The number of rotatable bonds is 3. The molecule has 0 aromatic heterocycles. The molecule has 0 saturated carbocycles. The second-order valence-corrected chi connectivity index (χ2v) is 5.24. The molecular weight excluding hydrogens is 337 g/mol. The molecule has 0 aliphatic carbocycles. The van der Waals surface area contributed by atoms with E-state index >= 15 is 0 Å². The molecule has 0 aliphatic rings. The zero-order chi connectivity index (χ0) is 15.6. The Kier molecular flexibility index (Phi) is 4.67. The number of ether oxygens (including phenoxy) is 1. The SMILES string of the molecule is NN=C(N)c1cc(Oc2ccc(Cl)cc2Cl)c(O)cc1Cl. The average Bonchev–Trinajstić information content (AvgIpc) is 2.43. The third-order valence-electron chi connectivity index (χ3n) is 2.58. The first-order valence-electron chi connectivity index (χ1n) is 5.61. The minimum atomic E-state index is -0.181. The number of hydrogen-bond acceptors (Lipinski definition) is 4. The lowest BCUT2D eigenvalue weighted by Gasteiger charge is -2.12. The summed E-state index contributed by atoms with van der Waals surface area (Å²) in [6.07, 6.45) is 0. The predicted molar refractivity (Wildman–Crippen MR) is 84.6 cm³/mol. The molecule has 2 rings (SSSR count). The fraction of sp³-hybridized carbons (Fsp3) is 0. The van der Waals surface area contributed by atoms with E-state index in [-0.39, 0.29) is 22.4 Å². The molecule has 0 atom stereocenters. The van der Waals surface area contributed by atoms with Crippen molar-refractivity contribution in [2.45, 2.75) is 0 Å². The van der Waals surface area contributed by atoms with Crippen LogP contribution in [0.1, 0.15) is 5.56 Å². The van der Waals surface area contributed by atoms with Crippen LogP contribution in [0.5, 0.6) is 17.2 Å². The number of hydrazone groups is 1. The van der Waals surface area contributed by atoms with Crippen molar-refractivity contribution in [3.63, 3.8) is 0 Å². The maximum atomic E-state index is 9.89. The smallest absolute Gasteiger partial charge is 0.169 e. The topological polar surface area (TPSA) is 93.9 Å². The molecule has 5 nitrogen and oxygen atoms in total. The second kappa shape index (κ2) is 6.30. The number of nitrogens with zero attached hydrogens (tertiary/aromatic N) is 1. The lowest BCUT2D eigenvalue weighted by molar-refractivity contribution is 0.411. The maximum absolute atomic E-state index is 9.89. The predicted octanol–water partition coefficient (Wildman–Crippen LogP) is 3.72. The van der Waals surface area contributed by atoms with Crippen molar-refractivity contribution in [2.75, 3.05) is 0 Å². The van der Waals surface area contributed by atoms with E-state index in [2.05, 4.69) is 5.10 Å². The fourth-order valence-corrected chi connectivity index (χ4v) is 2.27. The largest absolute Gasteiger partial charge is 0.504 e. The molecule has 2 aromatic carbocycles. The molecule has 21 heavy (non-hydrogen) atoms. The van der Waals surface area contributed by atoms with Crippen molar-refractivity contribution in [2.24, 2.45) is 16.7 Å². The Balaban J connectivity index is 2.44. The molecule has 0 bridgehead atoms. The monoisotopic (exact) mass is 345 g/mol. The van der Waals surface area contributed by atoms with Crippen LogP contribution in [-0.2, 0) is 0 Å². The van der Waals surface area contributed by atoms with E-state index in [0.717, 1.165) is 0 Å². The van der Waals surface area contributed by atoms with Gasteiger partial charge in [0.25, 0.3) is 0 Å². The molecule has 0 fully saturated rings. The first-order chi connectivity index (χ1) is 9.92.